The third kappa shape index (κ3) is 2.90. The van der Waals surface area contributed by atoms with Crippen LogP contribution in [0.15, 0.2) is 24.3 Å². The predicted molar refractivity (Wildman–Crippen MR) is 69.0 cm³/mol. The molecule has 1 aliphatic rings. The average molecular weight is 264 g/mol. The summed E-state index contributed by atoms with van der Waals surface area (Å²) < 4.78 is 5.47. The summed E-state index contributed by atoms with van der Waals surface area (Å²) in [5.41, 5.74) is 0.273. The Labute approximate surface area is 111 Å². The molecule has 1 amide bonds. The molecule has 2 rings (SSSR count). The molecule has 1 aromatic carbocycles. The minimum atomic E-state index is -0.498. The van der Waals surface area contributed by atoms with Crippen molar-refractivity contribution in [2.45, 2.75) is 26.0 Å². The molecule has 19 heavy (non-hydrogen) atoms. The van der Waals surface area contributed by atoms with Gasteiger partial charge in [0, 0.05) is 24.2 Å². The predicted octanol–water partition coefficient (Wildman–Crippen LogP) is 1.84. The van der Waals surface area contributed by atoms with Gasteiger partial charge in [-0.25, -0.2) is 0 Å². The van der Waals surface area contributed by atoms with Crippen molar-refractivity contribution in [3.63, 3.8) is 0 Å². The molecule has 102 valence electrons. The van der Waals surface area contributed by atoms with Crippen LogP contribution in [-0.2, 0) is 4.74 Å². The number of carbonyl (C=O) groups excluding carboxylic acids is 1. The molecular formula is C13H16N2O4. The van der Waals surface area contributed by atoms with Crippen molar-refractivity contribution in [2.75, 3.05) is 13.2 Å². The lowest BCUT2D eigenvalue weighted by Crippen LogP contribution is -2.50. The number of nitro benzene ring substituents is 1. The highest BCUT2D eigenvalue weighted by molar-refractivity contribution is 5.95. The summed E-state index contributed by atoms with van der Waals surface area (Å²) in [6, 6.07) is 5.79. The van der Waals surface area contributed by atoms with Crippen molar-refractivity contribution in [1.29, 1.82) is 0 Å². The number of ether oxygens (including phenoxy) is 1. The fraction of sp³-hybridized carbons (Fsp3) is 0.462. The zero-order valence-corrected chi connectivity index (χ0v) is 10.9. The molecule has 1 heterocycles. The van der Waals surface area contributed by atoms with E-state index >= 15 is 0 Å². The summed E-state index contributed by atoms with van der Waals surface area (Å²) in [4.78, 5) is 24.3. The quantitative estimate of drug-likeness (QED) is 0.603. The molecule has 6 nitrogen and oxygen atoms in total. The van der Waals surface area contributed by atoms with E-state index in [1.165, 1.54) is 18.2 Å². The summed E-state index contributed by atoms with van der Waals surface area (Å²) in [6.45, 7) is 4.80. The summed E-state index contributed by atoms with van der Waals surface area (Å²) in [5, 5.41) is 10.7. The number of nitro groups is 1. The number of carbonyl (C=O) groups is 1. The number of benzene rings is 1. The first-order valence-electron chi connectivity index (χ1n) is 6.16. The van der Waals surface area contributed by atoms with E-state index in [2.05, 4.69) is 0 Å². The number of hydrogen-bond donors (Lipinski definition) is 0. The second kappa shape index (κ2) is 5.36. The van der Waals surface area contributed by atoms with Crippen molar-refractivity contribution in [1.82, 2.24) is 4.90 Å². The lowest BCUT2D eigenvalue weighted by atomic mass is 10.1. The van der Waals surface area contributed by atoms with Crippen LogP contribution in [0.25, 0.3) is 0 Å². The minimum Gasteiger partial charge on any atom is -0.375 e. The summed E-state index contributed by atoms with van der Waals surface area (Å²) in [7, 11) is 0. The highest BCUT2D eigenvalue weighted by Crippen LogP contribution is 2.18. The topological polar surface area (TPSA) is 72.7 Å². The molecule has 6 heteroatoms. The lowest BCUT2D eigenvalue weighted by Gasteiger charge is -2.36. The Morgan fingerprint density at radius 2 is 2.21 bits per heavy atom. The van der Waals surface area contributed by atoms with Crippen molar-refractivity contribution < 1.29 is 14.5 Å². The first kappa shape index (κ1) is 13.5. The standard InChI is InChI=1S/C13H16N2O4/c1-9-8-19-10(2)7-14(9)13(16)11-4-3-5-12(6-11)15(17)18/h3-6,9-10H,7-8H2,1-2H3. The molecule has 0 aromatic heterocycles. The third-order valence-corrected chi connectivity index (χ3v) is 3.17. The molecule has 1 aliphatic heterocycles. The molecule has 0 spiro atoms. The Bertz CT molecular complexity index is 503. The molecular weight excluding hydrogens is 248 g/mol. The van der Waals surface area contributed by atoms with Gasteiger partial charge in [-0.3, -0.25) is 14.9 Å². The largest absolute Gasteiger partial charge is 0.375 e. The van der Waals surface area contributed by atoms with Crippen LogP contribution in [0.4, 0.5) is 5.69 Å². The maximum Gasteiger partial charge on any atom is 0.270 e. The van der Waals surface area contributed by atoms with Gasteiger partial charge in [-0.1, -0.05) is 6.07 Å². The molecule has 2 atom stereocenters. The molecule has 1 aromatic rings. The monoisotopic (exact) mass is 264 g/mol. The first-order valence-corrected chi connectivity index (χ1v) is 6.16. The van der Waals surface area contributed by atoms with Gasteiger partial charge in [0.05, 0.1) is 23.7 Å². The fourth-order valence-electron chi connectivity index (χ4n) is 2.10. The van der Waals surface area contributed by atoms with E-state index in [0.29, 0.717) is 18.7 Å². The summed E-state index contributed by atoms with van der Waals surface area (Å²) >= 11 is 0. The van der Waals surface area contributed by atoms with Crippen LogP contribution in [-0.4, -0.2) is 41.0 Å². The minimum absolute atomic E-state index is 0.0150. The molecule has 0 bridgehead atoms. The number of hydrogen-bond acceptors (Lipinski definition) is 4. The summed E-state index contributed by atoms with van der Waals surface area (Å²) in [5.74, 6) is -0.189. The third-order valence-electron chi connectivity index (χ3n) is 3.17. The van der Waals surface area contributed by atoms with Crippen LogP contribution < -0.4 is 0 Å². The zero-order chi connectivity index (χ0) is 14.0. The van der Waals surface area contributed by atoms with E-state index in [1.54, 1.807) is 11.0 Å². The van der Waals surface area contributed by atoms with Crippen LogP contribution in [0.5, 0.6) is 0 Å². The van der Waals surface area contributed by atoms with E-state index in [9.17, 15) is 14.9 Å². The second-order valence-corrected chi connectivity index (χ2v) is 4.76. The second-order valence-electron chi connectivity index (χ2n) is 4.76. The van der Waals surface area contributed by atoms with Crippen molar-refractivity contribution in [2.24, 2.45) is 0 Å². The van der Waals surface area contributed by atoms with Crippen LogP contribution in [0, 0.1) is 10.1 Å². The first-order chi connectivity index (χ1) is 8.99. The van der Waals surface area contributed by atoms with Gasteiger partial charge in [0.25, 0.3) is 11.6 Å². The smallest absolute Gasteiger partial charge is 0.270 e. The van der Waals surface area contributed by atoms with Crippen LogP contribution in [0.3, 0.4) is 0 Å². The average Bonchev–Trinajstić information content (AvgIpc) is 2.41. The Morgan fingerprint density at radius 3 is 2.89 bits per heavy atom. The van der Waals surface area contributed by atoms with Crippen molar-refractivity contribution >= 4 is 11.6 Å². The molecule has 0 radical (unpaired) electrons. The van der Waals surface area contributed by atoms with Gasteiger partial charge < -0.3 is 9.64 Å². The van der Waals surface area contributed by atoms with E-state index in [0.717, 1.165) is 0 Å². The highest BCUT2D eigenvalue weighted by Gasteiger charge is 2.28. The molecule has 0 N–H and O–H groups in total. The van der Waals surface area contributed by atoms with Gasteiger partial charge in [0.1, 0.15) is 0 Å². The number of amides is 1. The Balaban J connectivity index is 2.23. The lowest BCUT2D eigenvalue weighted by molar-refractivity contribution is -0.384. The normalized spacial score (nSPS) is 23.2. The van der Waals surface area contributed by atoms with Gasteiger partial charge in [0.15, 0.2) is 0 Å². The number of non-ortho nitro benzene ring substituents is 1. The molecule has 2 unspecified atom stereocenters. The zero-order valence-electron chi connectivity index (χ0n) is 10.9. The highest BCUT2D eigenvalue weighted by atomic mass is 16.6. The van der Waals surface area contributed by atoms with Crippen LogP contribution in [0.1, 0.15) is 24.2 Å². The number of nitrogens with zero attached hydrogens (tertiary/aromatic N) is 2. The maximum absolute atomic E-state index is 12.4. The van der Waals surface area contributed by atoms with E-state index in [-0.39, 0.29) is 23.7 Å². The Hall–Kier alpha value is -1.95. The number of rotatable bonds is 2. The van der Waals surface area contributed by atoms with E-state index in [1.807, 2.05) is 13.8 Å². The van der Waals surface area contributed by atoms with Gasteiger partial charge in [-0.15, -0.1) is 0 Å². The molecule has 1 fully saturated rings. The maximum atomic E-state index is 12.4. The Kier molecular flexibility index (Phi) is 3.80. The van der Waals surface area contributed by atoms with Crippen molar-refractivity contribution in [3.05, 3.63) is 39.9 Å². The van der Waals surface area contributed by atoms with E-state index in [4.69, 9.17) is 4.74 Å². The molecule has 1 saturated heterocycles. The summed E-state index contributed by atoms with van der Waals surface area (Å²) in [6.07, 6.45) is -0.0150. The van der Waals surface area contributed by atoms with Gasteiger partial charge in [-0.05, 0) is 19.9 Å². The van der Waals surface area contributed by atoms with Crippen LogP contribution in [0.2, 0.25) is 0 Å². The van der Waals surface area contributed by atoms with Crippen molar-refractivity contribution in [3.8, 4) is 0 Å². The SMILES string of the molecule is CC1CN(C(=O)c2cccc([N+](=O)[O-])c2)C(C)CO1. The fourth-order valence-corrected chi connectivity index (χ4v) is 2.10. The molecule has 0 saturated carbocycles. The Morgan fingerprint density at radius 1 is 1.47 bits per heavy atom. The van der Waals surface area contributed by atoms with Gasteiger partial charge in [0.2, 0.25) is 0 Å². The van der Waals surface area contributed by atoms with Gasteiger partial charge >= 0.3 is 0 Å². The number of morpholine rings is 1. The van der Waals surface area contributed by atoms with Gasteiger partial charge in [-0.2, -0.15) is 0 Å². The molecule has 0 aliphatic carbocycles. The van der Waals surface area contributed by atoms with E-state index < -0.39 is 4.92 Å². The van der Waals surface area contributed by atoms with Crippen LogP contribution >= 0.6 is 0 Å².